The fourth-order valence-corrected chi connectivity index (χ4v) is 2.74. The molecule has 0 aliphatic carbocycles. The molecule has 1 saturated heterocycles. The summed E-state index contributed by atoms with van der Waals surface area (Å²) in [5.41, 5.74) is 0. The van der Waals surface area contributed by atoms with E-state index in [9.17, 15) is 22.0 Å². The molecule has 3 nitrogen and oxygen atoms in total. The van der Waals surface area contributed by atoms with Gasteiger partial charge in [-0.25, -0.2) is 8.78 Å². The second kappa shape index (κ2) is 7.21. The Morgan fingerprint density at radius 3 is 2.57 bits per heavy atom. The van der Waals surface area contributed by atoms with Gasteiger partial charge in [0.25, 0.3) is 5.92 Å². The lowest BCUT2D eigenvalue weighted by Crippen LogP contribution is -2.27. The Labute approximate surface area is 138 Å². The zero-order valence-corrected chi connectivity index (χ0v) is 13.6. The average molecular weight is 404 g/mol. The van der Waals surface area contributed by atoms with Crippen LogP contribution >= 0.6 is 15.9 Å². The zero-order chi connectivity index (χ0) is 17.1. The minimum Gasteiger partial charge on any atom is -0.492 e. The van der Waals surface area contributed by atoms with Gasteiger partial charge in [-0.3, -0.25) is 4.90 Å². The van der Waals surface area contributed by atoms with E-state index in [2.05, 4.69) is 20.7 Å². The average Bonchev–Trinajstić information content (AvgIpc) is 2.74. The Morgan fingerprint density at radius 2 is 2.00 bits per heavy atom. The Kier molecular flexibility index (Phi) is 5.72. The molecule has 1 fully saturated rings. The number of nitrogens with zero attached hydrogens (tertiary/aromatic N) is 1. The van der Waals surface area contributed by atoms with E-state index in [-0.39, 0.29) is 25.3 Å². The summed E-state index contributed by atoms with van der Waals surface area (Å²) in [6.45, 7) is 0.892. The van der Waals surface area contributed by atoms with E-state index in [0.717, 1.165) is 12.1 Å². The Morgan fingerprint density at radius 1 is 1.26 bits per heavy atom. The van der Waals surface area contributed by atoms with Gasteiger partial charge in [0.2, 0.25) is 0 Å². The number of alkyl halides is 5. The highest BCUT2D eigenvalue weighted by Gasteiger charge is 2.37. The lowest BCUT2D eigenvalue weighted by Gasteiger charge is -2.16. The number of ether oxygens (including phenoxy) is 2. The second-order valence-electron chi connectivity index (χ2n) is 5.22. The van der Waals surface area contributed by atoms with Crippen LogP contribution in [0.3, 0.4) is 0 Å². The monoisotopic (exact) mass is 403 g/mol. The van der Waals surface area contributed by atoms with Crippen LogP contribution in [0, 0.1) is 0 Å². The van der Waals surface area contributed by atoms with E-state index in [4.69, 9.17) is 4.74 Å². The first kappa shape index (κ1) is 18.3. The van der Waals surface area contributed by atoms with Crippen molar-refractivity contribution >= 4 is 15.9 Å². The molecule has 0 unspecified atom stereocenters. The molecule has 1 aliphatic rings. The first-order valence-corrected chi connectivity index (χ1v) is 7.72. The van der Waals surface area contributed by atoms with Gasteiger partial charge in [-0.2, -0.15) is 0 Å². The topological polar surface area (TPSA) is 21.7 Å². The quantitative estimate of drug-likeness (QED) is 0.517. The molecule has 130 valence electrons. The Bertz CT molecular complexity index is 538. The summed E-state index contributed by atoms with van der Waals surface area (Å²) in [4.78, 5) is 1.67. The molecule has 0 N–H and O–H groups in total. The summed E-state index contributed by atoms with van der Waals surface area (Å²) in [6, 6.07) is 3.66. The van der Waals surface area contributed by atoms with Crippen molar-refractivity contribution in [3.8, 4) is 11.5 Å². The van der Waals surface area contributed by atoms with E-state index >= 15 is 0 Å². The normalized spacial score (nSPS) is 18.2. The van der Waals surface area contributed by atoms with Crippen molar-refractivity contribution < 1.29 is 31.4 Å². The molecule has 0 spiro atoms. The number of benzene rings is 1. The van der Waals surface area contributed by atoms with Gasteiger partial charge in [0.05, 0.1) is 17.6 Å². The van der Waals surface area contributed by atoms with Crippen molar-refractivity contribution in [1.29, 1.82) is 0 Å². The van der Waals surface area contributed by atoms with Gasteiger partial charge >= 0.3 is 6.36 Å². The van der Waals surface area contributed by atoms with Crippen LogP contribution in [0.5, 0.6) is 11.5 Å². The molecule has 2 rings (SSSR count). The molecular formula is C14H15BrF5NO2. The van der Waals surface area contributed by atoms with Gasteiger partial charge < -0.3 is 9.47 Å². The van der Waals surface area contributed by atoms with Crippen LogP contribution in [0.15, 0.2) is 22.7 Å². The van der Waals surface area contributed by atoms with Crippen LogP contribution in [0.2, 0.25) is 0 Å². The largest absolute Gasteiger partial charge is 0.573 e. The van der Waals surface area contributed by atoms with Crippen molar-refractivity contribution in [2.24, 2.45) is 0 Å². The van der Waals surface area contributed by atoms with Crippen molar-refractivity contribution in [3.05, 3.63) is 22.7 Å². The third-order valence-electron chi connectivity index (χ3n) is 3.26. The van der Waals surface area contributed by atoms with Gasteiger partial charge in [-0.05, 0) is 40.5 Å². The maximum Gasteiger partial charge on any atom is 0.573 e. The highest BCUT2D eigenvalue weighted by Crippen LogP contribution is 2.32. The number of likely N-dealkylation sites (tertiary alicyclic amines) is 1. The van der Waals surface area contributed by atoms with E-state index < -0.39 is 12.3 Å². The standard InChI is InChI=1S/C14H15BrF5NO2/c15-11-8-10(23-14(18,19)20)2-3-12(11)22-7-1-5-21-6-4-13(16,17)9-21/h2-3,8H,1,4-7,9H2. The minimum absolute atomic E-state index is 0.125. The van der Waals surface area contributed by atoms with Gasteiger partial charge in [0.1, 0.15) is 11.5 Å². The summed E-state index contributed by atoms with van der Waals surface area (Å²) in [5.74, 6) is -2.60. The van der Waals surface area contributed by atoms with E-state index in [1.165, 1.54) is 6.07 Å². The highest BCUT2D eigenvalue weighted by molar-refractivity contribution is 9.10. The molecule has 1 aliphatic heterocycles. The molecular weight excluding hydrogens is 389 g/mol. The minimum atomic E-state index is -4.75. The molecule has 1 aromatic carbocycles. The van der Waals surface area contributed by atoms with Crippen molar-refractivity contribution in [3.63, 3.8) is 0 Å². The number of rotatable bonds is 6. The van der Waals surface area contributed by atoms with Crippen LogP contribution < -0.4 is 9.47 Å². The van der Waals surface area contributed by atoms with Gasteiger partial charge in [-0.1, -0.05) is 0 Å². The summed E-state index contributed by atoms with van der Waals surface area (Å²) >= 11 is 3.11. The van der Waals surface area contributed by atoms with E-state index in [1.807, 2.05) is 0 Å². The maximum atomic E-state index is 13.0. The lowest BCUT2D eigenvalue weighted by atomic mass is 10.3. The molecule has 9 heteroatoms. The van der Waals surface area contributed by atoms with Gasteiger partial charge in [-0.15, -0.1) is 13.2 Å². The molecule has 0 saturated carbocycles. The highest BCUT2D eigenvalue weighted by atomic mass is 79.9. The fraction of sp³-hybridized carbons (Fsp3) is 0.571. The molecule has 0 radical (unpaired) electrons. The van der Waals surface area contributed by atoms with Crippen LogP contribution in [-0.4, -0.2) is 43.4 Å². The zero-order valence-electron chi connectivity index (χ0n) is 12.0. The fourth-order valence-electron chi connectivity index (χ4n) is 2.26. The smallest absolute Gasteiger partial charge is 0.492 e. The third-order valence-corrected chi connectivity index (χ3v) is 3.88. The number of hydrogen-bond acceptors (Lipinski definition) is 3. The predicted octanol–water partition coefficient (Wildman–Crippen LogP) is 4.46. The van der Waals surface area contributed by atoms with Gasteiger partial charge in [0, 0.05) is 19.5 Å². The lowest BCUT2D eigenvalue weighted by molar-refractivity contribution is -0.274. The van der Waals surface area contributed by atoms with E-state index in [0.29, 0.717) is 29.7 Å². The first-order chi connectivity index (χ1) is 10.6. The van der Waals surface area contributed by atoms with Gasteiger partial charge in [0.15, 0.2) is 0 Å². The summed E-state index contributed by atoms with van der Waals surface area (Å²) in [5, 5.41) is 0. The third kappa shape index (κ3) is 6.14. The van der Waals surface area contributed by atoms with Crippen LogP contribution in [0.1, 0.15) is 12.8 Å². The predicted molar refractivity (Wildman–Crippen MR) is 76.9 cm³/mol. The van der Waals surface area contributed by atoms with Crippen LogP contribution in [0.25, 0.3) is 0 Å². The molecule has 0 atom stereocenters. The second-order valence-corrected chi connectivity index (χ2v) is 6.08. The molecule has 23 heavy (non-hydrogen) atoms. The summed E-state index contributed by atoms with van der Waals surface area (Å²) in [7, 11) is 0. The van der Waals surface area contributed by atoms with Crippen molar-refractivity contribution in [2.75, 3.05) is 26.2 Å². The summed E-state index contributed by atoms with van der Waals surface area (Å²) in [6.07, 6.45) is -4.33. The first-order valence-electron chi connectivity index (χ1n) is 6.93. The SMILES string of the molecule is FC1(F)CCN(CCCOc2ccc(OC(F)(F)F)cc2Br)C1. The molecule has 1 aromatic rings. The number of halogens is 6. The maximum absolute atomic E-state index is 13.0. The molecule has 0 amide bonds. The van der Waals surface area contributed by atoms with E-state index in [1.54, 1.807) is 4.90 Å². The van der Waals surface area contributed by atoms with Crippen molar-refractivity contribution in [1.82, 2.24) is 4.90 Å². The Balaban J connectivity index is 1.76. The van der Waals surface area contributed by atoms with Crippen LogP contribution in [-0.2, 0) is 0 Å². The molecule has 0 bridgehead atoms. The van der Waals surface area contributed by atoms with Crippen molar-refractivity contribution in [2.45, 2.75) is 25.1 Å². The number of hydrogen-bond donors (Lipinski definition) is 0. The molecule has 1 heterocycles. The Hall–Kier alpha value is -1.09. The van der Waals surface area contributed by atoms with Crippen LogP contribution in [0.4, 0.5) is 22.0 Å². The molecule has 0 aromatic heterocycles. The summed E-state index contributed by atoms with van der Waals surface area (Å²) < 4.78 is 71.9.